The molecule has 0 saturated carbocycles. The SMILES string of the molecule is CC[C@H](C)C(=O)N1CCC[C@@H](C(=O)N(CC(=O)N2CCCC2)C[C@H]2CCCO2)C1. The Morgan fingerprint density at radius 2 is 1.76 bits per heavy atom. The number of carbonyl (C=O) groups is 3. The van der Waals surface area contributed by atoms with Crippen LogP contribution in [0.5, 0.6) is 0 Å². The summed E-state index contributed by atoms with van der Waals surface area (Å²) in [5.41, 5.74) is 0. The van der Waals surface area contributed by atoms with Gasteiger partial charge in [0.2, 0.25) is 17.7 Å². The molecular formula is C22H37N3O4. The van der Waals surface area contributed by atoms with Gasteiger partial charge in [-0.2, -0.15) is 0 Å². The summed E-state index contributed by atoms with van der Waals surface area (Å²) in [5, 5.41) is 0. The van der Waals surface area contributed by atoms with E-state index >= 15 is 0 Å². The average molecular weight is 408 g/mol. The first kappa shape index (κ1) is 22.1. The number of hydrogen-bond donors (Lipinski definition) is 0. The van der Waals surface area contributed by atoms with E-state index in [0.29, 0.717) is 13.1 Å². The van der Waals surface area contributed by atoms with Gasteiger partial charge in [-0.1, -0.05) is 13.8 Å². The standard InChI is InChI=1S/C22H37N3O4/c1-3-17(2)21(27)24-12-6-8-18(14-24)22(28)25(15-19-9-7-13-29-19)16-20(26)23-10-4-5-11-23/h17-19H,3-16H2,1-2H3/t17-,18+,19+/m0/s1. The summed E-state index contributed by atoms with van der Waals surface area (Å²) in [6, 6.07) is 0. The molecule has 3 aliphatic rings. The number of ether oxygens (including phenoxy) is 1. The highest BCUT2D eigenvalue weighted by atomic mass is 16.5. The smallest absolute Gasteiger partial charge is 0.242 e. The summed E-state index contributed by atoms with van der Waals surface area (Å²) in [6.45, 7) is 8.10. The second kappa shape index (κ2) is 10.4. The van der Waals surface area contributed by atoms with E-state index in [1.54, 1.807) is 4.90 Å². The van der Waals surface area contributed by atoms with Gasteiger partial charge < -0.3 is 19.4 Å². The summed E-state index contributed by atoms with van der Waals surface area (Å²) in [5.74, 6) is -0.0381. The third-order valence-electron chi connectivity index (χ3n) is 6.66. The molecule has 164 valence electrons. The van der Waals surface area contributed by atoms with Gasteiger partial charge >= 0.3 is 0 Å². The van der Waals surface area contributed by atoms with Gasteiger partial charge in [0.1, 0.15) is 0 Å². The zero-order valence-corrected chi connectivity index (χ0v) is 18.1. The largest absolute Gasteiger partial charge is 0.376 e. The van der Waals surface area contributed by atoms with Crippen LogP contribution in [0.1, 0.15) is 58.8 Å². The molecule has 0 aromatic rings. The van der Waals surface area contributed by atoms with Gasteiger partial charge in [0.05, 0.1) is 18.6 Å². The molecule has 0 bridgehead atoms. The van der Waals surface area contributed by atoms with E-state index in [4.69, 9.17) is 4.74 Å². The average Bonchev–Trinajstić information content (AvgIpc) is 3.46. The van der Waals surface area contributed by atoms with Crippen molar-refractivity contribution < 1.29 is 19.1 Å². The predicted molar refractivity (Wildman–Crippen MR) is 110 cm³/mol. The molecule has 0 aromatic heterocycles. The van der Waals surface area contributed by atoms with Crippen LogP contribution in [0.2, 0.25) is 0 Å². The Hall–Kier alpha value is -1.63. The number of carbonyl (C=O) groups excluding carboxylic acids is 3. The van der Waals surface area contributed by atoms with Crippen molar-refractivity contribution in [2.75, 3.05) is 45.9 Å². The molecule has 0 aliphatic carbocycles. The molecule has 0 N–H and O–H groups in total. The first-order chi connectivity index (χ1) is 14.0. The molecule has 3 atom stereocenters. The molecule has 3 heterocycles. The molecule has 3 amide bonds. The maximum absolute atomic E-state index is 13.4. The van der Waals surface area contributed by atoms with E-state index in [1.165, 1.54) is 0 Å². The van der Waals surface area contributed by atoms with Crippen LogP contribution in [0.3, 0.4) is 0 Å². The van der Waals surface area contributed by atoms with E-state index < -0.39 is 0 Å². The Morgan fingerprint density at radius 3 is 2.41 bits per heavy atom. The molecule has 3 rings (SSSR count). The minimum Gasteiger partial charge on any atom is -0.376 e. The number of likely N-dealkylation sites (tertiary alicyclic amines) is 2. The summed E-state index contributed by atoms with van der Waals surface area (Å²) < 4.78 is 5.75. The van der Waals surface area contributed by atoms with Crippen LogP contribution in [0.4, 0.5) is 0 Å². The van der Waals surface area contributed by atoms with E-state index in [9.17, 15) is 14.4 Å². The lowest BCUT2D eigenvalue weighted by molar-refractivity contribution is -0.147. The fourth-order valence-electron chi connectivity index (χ4n) is 4.62. The lowest BCUT2D eigenvalue weighted by atomic mass is 9.94. The number of piperidine rings is 1. The lowest BCUT2D eigenvalue weighted by Gasteiger charge is -2.36. The van der Waals surface area contributed by atoms with Gasteiger partial charge in [-0.15, -0.1) is 0 Å². The minimum atomic E-state index is -0.218. The van der Waals surface area contributed by atoms with Gasteiger partial charge in [-0.05, 0) is 44.9 Å². The fourth-order valence-corrected chi connectivity index (χ4v) is 4.62. The van der Waals surface area contributed by atoms with Gasteiger partial charge in [0.15, 0.2) is 0 Å². The van der Waals surface area contributed by atoms with E-state index in [1.807, 2.05) is 23.6 Å². The van der Waals surface area contributed by atoms with Crippen LogP contribution in [0.25, 0.3) is 0 Å². The number of rotatable bonds is 7. The van der Waals surface area contributed by atoms with Gasteiger partial charge in [0, 0.05) is 45.2 Å². The molecule has 3 fully saturated rings. The maximum Gasteiger partial charge on any atom is 0.242 e. The minimum absolute atomic E-state index is 0.00898. The molecule has 0 spiro atoms. The van der Waals surface area contributed by atoms with Crippen molar-refractivity contribution in [2.24, 2.45) is 11.8 Å². The molecule has 3 saturated heterocycles. The zero-order chi connectivity index (χ0) is 20.8. The van der Waals surface area contributed by atoms with Crippen molar-refractivity contribution in [3.8, 4) is 0 Å². The van der Waals surface area contributed by atoms with Crippen molar-refractivity contribution in [3.05, 3.63) is 0 Å². The first-order valence-corrected chi connectivity index (χ1v) is 11.5. The number of hydrogen-bond acceptors (Lipinski definition) is 4. The number of amides is 3. The van der Waals surface area contributed by atoms with Gasteiger partial charge in [-0.25, -0.2) is 0 Å². The number of nitrogens with zero attached hydrogens (tertiary/aromatic N) is 3. The molecule has 0 unspecified atom stereocenters. The molecule has 7 nitrogen and oxygen atoms in total. The third-order valence-corrected chi connectivity index (χ3v) is 6.66. The van der Waals surface area contributed by atoms with Crippen LogP contribution in [0.15, 0.2) is 0 Å². The highest BCUT2D eigenvalue weighted by molar-refractivity contribution is 5.87. The summed E-state index contributed by atoms with van der Waals surface area (Å²) in [4.78, 5) is 44.2. The van der Waals surface area contributed by atoms with Crippen LogP contribution in [-0.2, 0) is 19.1 Å². The molecular weight excluding hydrogens is 370 g/mol. The molecule has 7 heteroatoms. The predicted octanol–water partition coefficient (Wildman–Crippen LogP) is 1.90. The van der Waals surface area contributed by atoms with E-state index in [0.717, 1.165) is 71.2 Å². The van der Waals surface area contributed by atoms with E-state index in [-0.39, 0.29) is 42.2 Å². The molecule has 0 radical (unpaired) electrons. The fraction of sp³-hybridized carbons (Fsp3) is 0.864. The quantitative estimate of drug-likeness (QED) is 0.646. The summed E-state index contributed by atoms with van der Waals surface area (Å²) >= 11 is 0. The van der Waals surface area contributed by atoms with Crippen molar-refractivity contribution in [1.82, 2.24) is 14.7 Å². The maximum atomic E-state index is 13.4. The van der Waals surface area contributed by atoms with E-state index in [2.05, 4.69) is 0 Å². The zero-order valence-electron chi connectivity index (χ0n) is 18.1. The normalized spacial score (nSPS) is 25.9. The van der Waals surface area contributed by atoms with Crippen LogP contribution in [-0.4, -0.2) is 84.4 Å². The molecule has 3 aliphatic heterocycles. The Morgan fingerprint density at radius 1 is 1.03 bits per heavy atom. The topological polar surface area (TPSA) is 70.2 Å². The monoisotopic (exact) mass is 407 g/mol. The Kier molecular flexibility index (Phi) is 7.92. The van der Waals surface area contributed by atoms with Crippen molar-refractivity contribution in [1.29, 1.82) is 0 Å². The van der Waals surface area contributed by atoms with Crippen molar-refractivity contribution in [3.63, 3.8) is 0 Å². The van der Waals surface area contributed by atoms with Crippen molar-refractivity contribution >= 4 is 17.7 Å². The summed E-state index contributed by atoms with van der Waals surface area (Å²) in [6.07, 6.45) is 6.48. The highest BCUT2D eigenvalue weighted by Gasteiger charge is 2.35. The van der Waals surface area contributed by atoms with Crippen LogP contribution >= 0.6 is 0 Å². The Bertz CT molecular complexity index is 585. The second-order valence-corrected chi connectivity index (χ2v) is 8.87. The third kappa shape index (κ3) is 5.71. The molecule has 29 heavy (non-hydrogen) atoms. The van der Waals surface area contributed by atoms with Crippen molar-refractivity contribution in [2.45, 2.75) is 64.9 Å². The Balaban J connectivity index is 1.65. The highest BCUT2D eigenvalue weighted by Crippen LogP contribution is 2.23. The van der Waals surface area contributed by atoms with Crippen LogP contribution in [0, 0.1) is 11.8 Å². The van der Waals surface area contributed by atoms with Gasteiger partial charge in [0.25, 0.3) is 0 Å². The molecule has 0 aromatic carbocycles. The van der Waals surface area contributed by atoms with Crippen LogP contribution < -0.4 is 0 Å². The second-order valence-electron chi connectivity index (χ2n) is 8.87. The first-order valence-electron chi connectivity index (χ1n) is 11.5. The Labute approximate surface area is 174 Å². The van der Waals surface area contributed by atoms with Gasteiger partial charge in [-0.3, -0.25) is 14.4 Å². The lowest BCUT2D eigenvalue weighted by Crippen LogP contribution is -2.51. The summed E-state index contributed by atoms with van der Waals surface area (Å²) in [7, 11) is 0.